The second-order valence-corrected chi connectivity index (χ2v) is 7.89. The van der Waals surface area contributed by atoms with Crippen LogP contribution in [0.15, 0.2) is 0 Å². The lowest BCUT2D eigenvalue weighted by molar-refractivity contribution is -0.153. The van der Waals surface area contributed by atoms with Crippen molar-refractivity contribution in [1.29, 1.82) is 0 Å². The number of rotatable bonds is 6. The summed E-state index contributed by atoms with van der Waals surface area (Å²) in [6.45, 7) is 3.06. The van der Waals surface area contributed by atoms with Crippen LogP contribution in [0.5, 0.6) is 0 Å². The molecule has 114 valence electrons. The summed E-state index contributed by atoms with van der Waals surface area (Å²) in [5.41, 5.74) is 0.510. The van der Waals surface area contributed by atoms with Gasteiger partial charge in [0.2, 0.25) is 0 Å². The summed E-state index contributed by atoms with van der Waals surface area (Å²) in [7, 11) is 0. The van der Waals surface area contributed by atoms with Gasteiger partial charge in [-0.2, -0.15) is 0 Å². The van der Waals surface area contributed by atoms with Crippen LogP contribution in [-0.2, 0) is 4.74 Å². The zero-order valence-electron chi connectivity index (χ0n) is 13.1. The summed E-state index contributed by atoms with van der Waals surface area (Å²) in [5.74, 6) is 2.04. The zero-order valence-corrected chi connectivity index (χ0v) is 13.1. The summed E-state index contributed by atoms with van der Waals surface area (Å²) in [6.07, 6.45) is 14.9. The molecule has 4 fully saturated rings. The van der Waals surface area contributed by atoms with Crippen molar-refractivity contribution >= 4 is 0 Å². The standard InChI is InChI=1S/C18H31NO/c1-2-20-16-12-15(18(16)10-4-3-5-11-18)19-17(13-6-7-13)14-8-9-14/h13-17,19H,2-12H2,1H3. The van der Waals surface area contributed by atoms with Gasteiger partial charge < -0.3 is 10.1 Å². The van der Waals surface area contributed by atoms with Crippen molar-refractivity contribution in [2.45, 2.75) is 89.3 Å². The molecule has 2 nitrogen and oxygen atoms in total. The Bertz CT molecular complexity index is 329. The molecule has 1 N–H and O–H groups in total. The third-order valence-electron chi connectivity index (χ3n) is 6.59. The van der Waals surface area contributed by atoms with E-state index in [1.165, 1.54) is 64.2 Å². The predicted octanol–water partition coefficient (Wildman–Crippen LogP) is 3.89. The van der Waals surface area contributed by atoms with Gasteiger partial charge in [-0.25, -0.2) is 0 Å². The van der Waals surface area contributed by atoms with Gasteiger partial charge in [0.05, 0.1) is 6.10 Å². The smallest absolute Gasteiger partial charge is 0.0661 e. The Morgan fingerprint density at radius 2 is 1.70 bits per heavy atom. The second-order valence-electron chi connectivity index (χ2n) is 7.89. The van der Waals surface area contributed by atoms with E-state index < -0.39 is 0 Å². The Morgan fingerprint density at radius 1 is 1.05 bits per heavy atom. The molecule has 0 aromatic carbocycles. The Hall–Kier alpha value is -0.0800. The third kappa shape index (κ3) is 2.33. The lowest BCUT2D eigenvalue weighted by Crippen LogP contribution is -2.66. The van der Waals surface area contributed by atoms with Crippen LogP contribution < -0.4 is 5.32 Å². The van der Waals surface area contributed by atoms with Gasteiger partial charge in [0.25, 0.3) is 0 Å². The average Bonchev–Trinajstić information content (AvgIpc) is 3.36. The highest BCUT2D eigenvalue weighted by molar-refractivity contribution is 5.11. The summed E-state index contributed by atoms with van der Waals surface area (Å²) in [6, 6.07) is 1.63. The molecular formula is C18H31NO. The van der Waals surface area contributed by atoms with Crippen molar-refractivity contribution in [2.24, 2.45) is 17.3 Å². The summed E-state index contributed by atoms with van der Waals surface area (Å²) in [4.78, 5) is 0. The molecule has 0 aliphatic heterocycles. The van der Waals surface area contributed by atoms with Gasteiger partial charge in [0.15, 0.2) is 0 Å². The molecule has 2 heteroatoms. The molecule has 2 atom stereocenters. The van der Waals surface area contributed by atoms with E-state index in [1.54, 1.807) is 0 Å². The molecule has 2 unspecified atom stereocenters. The van der Waals surface area contributed by atoms with Gasteiger partial charge in [0.1, 0.15) is 0 Å². The molecule has 0 bridgehead atoms. The number of hydrogen-bond donors (Lipinski definition) is 1. The summed E-state index contributed by atoms with van der Waals surface area (Å²) < 4.78 is 6.10. The molecule has 4 aliphatic carbocycles. The second kappa shape index (κ2) is 5.28. The van der Waals surface area contributed by atoms with Gasteiger partial charge in [-0.1, -0.05) is 19.3 Å². The van der Waals surface area contributed by atoms with Gasteiger partial charge in [-0.15, -0.1) is 0 Å². The van der Waals surface area contributed by atoms with Crippen LogP contribution in [-0.4, -0.2) is 24.8 Å². The van der Waals surface area contributed by atoms with E-state index >= 15 is 0 Å². The SMILES string of the molecule is CCOC1CC(NC(C2CC2)C2CC2)C12CCCCC2. The Morgan fingerprint density at radius 3 is 2.25 bits per heavy atom. The normalized spacial score (nSPS) is 36.3. The average molecular weight is 277 g/mol. The molecule has 0 aromatic heterocycles. The monoisotopic (exact) mass is 277 g/mol. The fourth-order valence-corrected chi connectivity index (χ4v) is 5.10. The molecule has 4 aliphatic rings. The quantitative estimate of drug-likeness (QED) is 0.795. The first-order valence-electron chi connectivity index (χ1n) is 9.21. The minimum Gasteiger partial charge on any atom is -0.378 e. The van der Waals surface area contributed by atoms with Crippen molar-refractivity contribution < 1.29 is 4.74 Å². The van der Waals surface area contributed by atoms with Crippen LogP contribution >= 0.6 is 0 Å². The van der Waals surface area contributed by atoms with E-state index in [9.17, 15) is 0 Å². The minimum atomic E-state index is 0.510. The lowest BCUT2D eigenvalue weighted by atomic mass is 9.55. The van der Waals surface area contributed by atoms with Crippen LogP contribution in [0.3, 0.4) is 0 Å². The fraction of sp³-hybridized carbons (Fsp3) is 1.00. The molecule has 0 amide bonds. The third-order valence-corrected chi connectivity index (χ3v) is 6.59. The lowest BCUT2D eigenvalue weighted by Gasteiger charge is -2.58. The van der Waals surface area contributed by atoms with Gasteiger partial charge in [-0.05, 0) is 63.7 Å². The topological polar surface area (TPSA) is 21.3 Å². The highest BCUT2D eigenvalue weighted by atomic mass is 16.5. The summed E-state index contributed by atoms with van der Waals surface area (Å²) in [5, 5.41) is 4.15. The first kappa shape index (κ1) is 13.6. The highest BCUT2D eigenvalue weighted by Crippen LogP contribution is 2.55. The van der Waals surface area contributed by atoms with Crippen LogP contribution in [0, 0.1) is 17.3 Å². The van der Waals surface area contributed by atoms with Gasteiger partial charge in [0, 0.05) is 24.1 Å². The predicted molar refractivity (Wildman–Crippen MR) is 81.7 cm³/mol. The van der Waals surface area contributed by atoms with Gasteiger partial charge >= 0.3 is 0 Å². The zero-order chi connectivity index (χ0) is 13.6. The maximum Gasteiger partial charge on any atom is 0.0661 e. The molecule has 0 heterocycles. The first-order chi connectivity index (χ1) is 9.83. The molecular weight excluding hydrogens is 246 g/mol. The molecule has 0 aromatic rings. The highest BCUT2D eigenvalue weighted by Gasteiger charge is 2.57. The van der Waals surface area contributed by atoms with Gasteiger partial charge in [-0.3, -0.25) is 0 Å². The summed E-state index contributed by atoms with van der Waals surface area (Å²) >= 11 is 0. The molecule has 4 rings (SSSR count). The number of hydrogen-bond acceptors (Lipinski definition) is 2. The van der Waals surface area contributed by atoms with Crippen molar-refractivity contribution in [2.75, 3.05) is 6.61 Å². The van der Waals surface area contributed by atoms with Crippen LogP contribution in [0.4, 0.5) is 0 Å². The minimum absolute atomic E-state index is 0.510. The van der Waals surface area contributed by atoms with E-state index in [0.29, 0.717) is 11.5 Å². The van der Waals surface area contributed by atoms with Crippen molar-refractivity contribution in [1.82, 2.24) is 5.32 Å². The number of nitrogens with one attached hydrogen (secondary N) is 1. The first-order valence-corrected chi connectivity index (χ1v) is 9.21. The van der Waals surface area contributed by atoms with E-state index in [2.05, 4.69) is 12.2 Å². The molecule has 1 spiro atoms. The van der Waals surface area contributed by atoms with E-state index in [4.69, 9.17) is 4.74 Å². The Kier molecular flexibility index (Phi) is 3.58. The van der Waals surface area contributed by atoms with Crippen LogP contribution in [0.2, 0.25) is 0 Å². The van der Waals surface area contributed by atoms with E-state index in [-0.39, 0.29) is 0 Å². The maximum absolute atomic E-state index is 6.10. The maximum atomic E-state index is 6.10. The van der Waals surface area contributed by atoms with E-state index in [0.717, 1.165) is 30.5 Å². The van der Waals surface area contributed by atoms with E-state index in [1.807, 2.05) is 0 Å². The largest absolute Gasteiger partial charge is 0.378 e. The van der Waals surface area contributed by atoms with Crippen molar-refractivity contribution in [3.8, 4) is 0 Å². The fourth-order valence-electron chi connectivity index (χ4n) is 5.10. The molecule has 0 saturated heterocycles. The van der Waals surface area contributed by atoms with Crippen LogP contribution in [0.25, 0.3) is 0 Å². The molecule has 4 saturated carbocycles. The molecule has 20 heavy (non-hydrogen) atoms. The Balaban J connectivity index is 1.43. The Labute approximate surface area is 124 Å². The number of ether oxygens (including phenoxy) is 1. The van der Waals surface area contributed by atoms with Crippen molar-refractivity contribution in [3.63, 3.8) is 0 Å². The van der Waals surface area contributed by atoms with Crippen LogP contribution in [0.1, 0.15) is 71.1 Å². The molecule has 0 radical (unpaired) electrons. The van der Waals surface area contributed by atoms with Crippen molar-refractivity contribution in [3.05, 3.63) is 0 Å².